The highest BCUT2D eigenvalue weighted by Gasteiger charge is 2.20. The Hall–Kier alpha value is -4.68. The summed E-state index contributed by atoms with van der Waals surface area (Å²) in [5, 5.41) is 5.01. The van der Waals surface area contributed by atoms with Crippen molar-refractivity contribution in [1.29, 1.82) is 0 Å². The molecule has 1 aliphatic rings. The van der Waals surface area contributed by atoms with Crippen LogP contribution in [0.15, 0.2) is 110 Å². The zero-order valence-corrected chi connectivity index (χ0v) is 23.2. The molecule has 0 aliphatic heterocycles. The number of rotatable bonds is 5. The van der Waals surface area contributed by atoms with E-state index in [9.17, 15) is 0 Å². The fourth-order valence-corrected chi connectivity index (χ4v) is 6.74. The van der Waals surface area contributed by atoms with Crippen molar-refractivity contribution >= 4 is 33.7 Å². The van der Waals surface area contributed by atoms with Gasteiger partial charge in [0.05, 0.1) is 0 Å². The van der Waals surface area contributed by atoms with Gasteiger partial charge in [0.15, 0.2) is 0 Å². The van der Waals surface area contributed by atoms with Crippen molar-refractivity contribution in [2.24, 2.45) is 0 Å². The lowest BCUT2D eigenvalue weighted by Crippen LogP contribution is -1.94. The molecule has 0 amide bonds. The Morgan fingerprint density at radius 1 is 0.575 bits per heavy atom. The van der Waals surface area contributed by atoms with Gasteiger partial charge in [-0.2, -0.15) is 0 Å². The van der Waals surface area contributed by atoms with Crippen molar-refractivity contribution in [3.05, 3.63) is 144 Å². The summed E-state index contributed by atoms with van der Waals surface area (Å²) < 4.78 is 0. The lowest BCUT2D eigenvalue weighted by molar-refractivity contribution is 1.11. The Balaban J connectivity index is 1.50. The molecule has 192 valence electrons. The van der Waals surface area contributed by atoms with Gasteiger partial charge in [-0.1, -0.05) is 117 Å². The molecule has 0 saturated heterocycles. The molecule has 1 aliphatic carbocycles. The molecule has 0 aromatic heterocycles. The molecule has 0 unspecified atom stereocenters. The van der Waals surface area contributed by atoms with Crippen LogP contribution in [0.2, 0.25) is 0 Å². The maximum absolute atomic E-state index is 4.28. The van der Waals surface area contributed by atoms with Gasteiger partial charge in [-0.15, -0.1) is 0 Å². The molecule has 6 aromatic rings. The average molecular weight is 513 g/mol. The van der Waals surface area contributed by atoms with Gasteiger partial charge < -0.3 is 0 Å². The van der Waals surface area contributed by atoms with Gasteiger partial charge in [0.1, 0.15) is 0 Å². The first-order valence-corrected chi connectivity index (χ1v) is 14.2. The highest BCUT2D eigenvalue weighted by Crippen LogP contribution is 2.44. The quantitative estimate of drug-likeness (QED) is 0.201. The molecule has 0 nitrogen and oxygen atoms in total. The predicted octanol–water partition coefficient (Wildman–Crippen LogP) is 11.1. The molecule has 0 spiro atoms. The maximum Gasteiger partial charge on any atom is -0.00132 e. The number of hydrogen-bond donors (Lipinski definition) is 0. The molecule has 0 N–H and O–H groups in total. The predicted molar refractivity (Wildman–Crippen MR) is 175 cm³/mol. The van der Waals surface area contributed by atoms with Crippen LogP contribution in [-0.4, -0.2) is 0 Å². The summed E-state index contributed by atoms with van der Waals surface area (Å²) in [6, 6.07) is 36.2. The molecular formula is C40H32. The van der Waals surface area contributed by atoms with Crippen molar-refractivity contribution in [1.82, 2.24) is 0 Å². The second-order valence-corrected chi connectivity index (χ2v) is 10.9. The standard InChI is InChI=1S/C40H32/c1-5-26-20-28(17-16-25(26)4)38-24-39-32(7-3)31(6-2)37(23-40(39)36-15-11-10-14-35(36)38)29-18-19-34-30(22-29)21-27-12-8-9-13-33(27)34/h6-20,22-24H,2-3,5,21H2,1,4H3. The normalized spacial score (nSPS) is 11.9. The first-order valence-electron chi connectivity index (χ1n) is 14.2. The van der Waals surface area contributed by atoms with E-state index in [2.05, 4.69) is 124 Å². The van der Waals surface area contributed by atoms with Crippen molar-refractivity contribution < 1.29 is 0 Å². The summed E-state index contributed by atoms with van der Waals surface area (Å²) in [6.07, 6.45) is 6.02. The molecule has 0 heteroatoms. The third-order valence-corrected chi connectivity index (χ3v) is 8.80. The second kappa shape index (κ2) is 9.50. The van der Waals surface area contributed by atoms with Crippen LogP contribution in [-0.2, 0) is 12.8 Å². The lowest BCUT2D eigenvalue weighted by atomic mass is 9.85. The summed E-state index contributed by atoms with van der Waals surface area (Å²) in [5.74, 6) is 0. The fraction of sp³-hybridized carbons (Fsp3) is 0.100. The van der Waals surface area contributed by atoms with Crippen molar-refractivity contribution in [3.8, 4) is 33.4 Å². The third-order valence-electron chi connectivity index (χ3n) is 8.80. The van der Waals surface area contributed by atoms with E-state index in [0.717, 1.165) is 24.0 Å². The van der Waals surface area contributed by atoms with Gasteiger partial charge in [-0.05, 0) is 120 Å². The van der Waals surface area contributed by atoms with E-state index >= 15 is 0 Å². The summed E-state index contributed by atoms with van der Waals surface area (Å²) in [6.45, 7) is 13.0. The summed E-state index contributed by atoms with van der Waals surface area (Å²) in [4.78, 5) is 0. The van der Waals surface area contributed by atoms with E-state index in [1.54, 1.807) is 0 Å². The third kappa shape index (κ3) is 3.67. The van der Waals surface area contributed by atoms with Crippen molar-refractivity contribution in [3.63, 3.8) is 0 Å². The Kier molecular flexibility index (Phi) is 5.79. The van der Waals surface area contributed by atoms with Crippen LogP contribution in [0.1, 0.15) is 40.3 Å². The summed E-state index contributed by atoms with van der Waals surface area (Å²) in [7, 11) is 0. The van der Waals surface area contributed by atoms with Gasteiger partial charge in [0, 0.05) is 0 Å². The van der Waals surface area contributed by atoms with Gasteiger partial charge in [0.25, 0.3) is 0 Å². The first kappa shape index (κ1) is 24.4. The van der Waals surface area contributed by atoms with E-state index in [1.165, 1.54) is 77.2 Å². The van der Waals surface area contributed by atoms with Crippen LogP contribution < -0.4 is 0 Å². The maximum atomic E-state index is 4.28. The highest BCUT2D eigenvalue weighted by atomic mass is 14.2. The highest BCUT2D eigenvalue weighted by molar-refractivity contribution is 6.17. The molecule has 0 radical (unpaired) electrons. The van der Waals surface area contributed by atoms with Crippen molar-refractivity contribution in [2.45, 2.75) is 26.7 Å². The van der Waals surface area contributed by atoms with Crippen LogP contribution in [0.5, 0.6) is 0 Å². The largest absolute Gasteiger partial charge is 0.0984 e. The Morgan fingerprint density at radius 3 is 2.05 bits per heavy atom. The fourth-order valence-electron chi connectivity index (χ4n) is 6.74. The minimum atomic E-state index is 0.979. The SMILES string of the molecule is C=Cc1c(-c2ccc3c(c2)Cc2ccccc2-3)cc2c(cc(-c3ccc(C)c(CC)c3)c3ccccc32)c1C=C. The van der Waals surface area contributed by atoms with E-state index in [-0.39, 0.29) is 0 Å². The van der Waals surface area contributed by atoms with Gasteiger partial charge >= 0.3 is 0 Å². The minimum absolute atomic E-state index is 0.979. The van der Waals surface area contributed by atoms with Crippen LogP contribution >= 0.6 is 0 Å². The van der Waals surface area contributed by atoms with Crippen LogP contribution in [0.25, 0.3) is 67.1 Å². The smallest absolute Gasteiger partial charge is 0.00132 e. The number of fused-ring (bicyclic) bond motifs is 6. The first-order chi connectivity index (χ1) is 19.6. The van der Waals surface area contributed by atoms with Crippen LogP contribution in [0.4, 0.5) is 0 Å². The van der Waals surface area contributed by atoms with E-state index in [0.29, 0.717) is 0 Å². The number of benzene rings is 6. The van der Waals surface area contributed by atoms with Gasteiger partial charge in [-0.3, -0.25) is 0 Å². The van der Waals surface area contributed by atoms with E-state index in [1.807, 2.05) is 12.2 Å². The zero-order chi connectivity index (χ0) is 27.4. The minimum Gasteiger partial charge on any atom is -0.0984 e. The second-order valence-electron chi connectivity index (χ2n) is 10.9. The molecular weight excluding hydrogens is 480 g/mol. The molecule has 0 saturated carbocycles. The van der Waals surface area contributed by atoms with Crippen LogP contribution in [0.3, 0.4) is 0 Å². The monoisotopic (exact) mass is 512 g/mol. The van der Waals surface area contributed by atoms with E-state index in [4.69, 9.17) is 0 Å². The van der Waals surface area contributed by atoms with Crippen molar-refractivity contribution in [2.75, 3.05) is 0 Å². The topological polar surface area (TPSA) is 0 Å². The van der Waals surface area contributed by atoms with Gasteiger partial charge in [0.2, 0.25) is 0 Å². The molecule has 0 fully saturated rings. The zero-order valence-electron chi connectivity index (χ0n) is 23.2. The average Bonchev–Trinajstić information content (AvgIpc) is 3.37. The molecule has 0 heterocycles. The Morgan fingerprint density at radius 2 is 1.25 bits per heavy atom. The molecule has 0 bridgehead atoms. The lowest BCUT2D eigenvalue weighted by Gasteiger charge is -2.19. The molecule has 0 atom stereocenters. The summed E-state index contributed by atoms with van der Waals surface area (Å²) in [5.41, 5.74) is 15.5. The Labute approximate surface area is 237 Å². The van der Waals surface area contributed by atoms with E-state index < -0.39 is 0 Å². The van der Waals surface area contributed by atoms with Crippen LogP contribution in [0, 0.1) is 6.92 Å². The molecule has 40 heavy (non-hydrogen) atoms. The number of hydrogen-bond acceptors (Lipinski definition) is 0. The summed E-state index contributed by atoms with van der Waals surface area (Å²) >= 11 is 0. The number of aryl methyl sites for hydroxylation is 2. The molecule has 6 aromatic carbocycles. The molecule has 7 rings (SSSR count). The van der Waals surface area contributed by atoms with Gasteiger partial charge in [-0.25, -0.2) is 0 Å². The Bertz CT molecular complexity index is 2000.